The standard InChI is InChI=1S/C20H26FNO5S/c1-14(18(23)22(2)15-9-12-28(25,26)13-15)27-19(24)20(10-5-6-11-20)16-7-3-4-8-17(16)21/h3-4,7-8,14-15H,5-6,9-13H2,1-2H3/t14-,15+/m0/s1. The summed E-state index contributed by atoms with van der Waals surface area (Å²) in [5, 5.41) is 0. The minimum Gasteiger partial charge on any atom is -0.452 e. The first kappa shape index (κ1) is 20.8. The molecule has 0 spiro atoms. The Hall–Kier alpha value is -1.96. The second-order valence-electron chi connectivity index (χ2n) is 7.82. The van der Waals surface area contributed by atoms with E-state index in [0.29, 0.717) is 24.8 Å². The summed E-state index contributed by atoms with van der Waals surface area (Å²) in [6.45, 7) is 1.48. The van der Waals surface area contributed by atoms with Crippen LogP contribution in [0.1, 0.15) is 44.6 Å². The van der Waals surface area contributed by atoms with Gasteiger partial charge in [0.2, 0.25) is 0 Å². The lowest BCUT2D eigenvalue weighted by molar-refractivity contribution is -0.164. The number of carbonyl (C=O) groups excluding carboxylic acids is 2. The normalized spacial score (nSPS) is 23.9. The molecule has 0 aromatic heterocycles. The molecule has 2 fully saturated rings. The highest BCUT2D eigenvalue weighted by molar-refractivity contribution is 7.91. The number of nitrogens with zero attached hydrogens (tertiary/aromatic N) is 1. The van der Waals surface area contributed by atoms with Gasteiger partial charge in [-0.25, -0.2) is 12.8 Å². The van der Waals surface area contributed by atoms with Crippen LogP contribution in [0.2, 0.25) is 0 Å². The largest absolute Gasteiger partial charge is 0.452 e. The van der Waals surface area contributed by atoms with Gasteiger partial charge >= 0.3 is 5.97 Å². The van der Waals surface area contributed by atoms with Crippen molar-refractivity contribution in [3.05, 3.63) is 35.6 Å². The second-order valence-corrected chi connectivity index (χ2v) is 10.1. The fraction of sp³-hybridized carbons (Fsp3) is 0.600. The molecule has 154 valence electrons. The van der Waals surface area contributed by atoms with Crippen LogP contribution in [0.25, 0.3) is 0 Å². The summed E-state index contributed by atoms with van der Waals surface area (Å²) in [6.07, 6.45) is 1.83. The van der Waals surface area contributed by atoms with E-state index < -0.39 is 45.1 Å². The number of amides is 1. The summed E-state index contributed by atoms with van der Waals surface area (Å²) in [5.41, 5.74) is -0.762. The molecule has 0 N–H and O–H groups in total. The van der Waals surface area contributed by atoms with E-state index in [1.165, 1.54) is 24.9 Å². The highest BCUT2D eigenvalue weighted by atomic mass is 32.2. The number of sulfone groups is 1. The van der Waals surface area contributed by atoms with Gasteiger partial charge in [-0.3, -0.25) is 9.59 Å². The minimum absolute atomic E-state index is 0.0554. The first-order valence-corrected chi connectivity index (χ1v) is 11.4. The predicted octanol–water partition coefficient (Wildman–Crippen LogP) is 2.21. The summed E-state index contributed by atoms with van der Waals surface area (Å²) in [5.74, 6) is -1.51. The summed E-state index contributed by atoms with van der Waals surface area (Å²) in [6, 6.07) is 5.78. The molecule has 0 unspecified atom stereocenters. The monoisotopic (exact) mass is 411 g/mol. The van der Waals surface area contributed by atoms with Crippen molar-refractivity contribution in [3.8, 4) is 0 Å². The van der Waals surface area contributed by atoms with Gasteiger partial charge in [-0.05, 0) is 32.3 Å². The van der Waals surface area contributed by atoms with Gasteiger partial charge in [-0.15, -0.1) is 0 Å². The molecule has 1 heterocycles. The average Bonchev–Trinajstić information content (AvgIpc) is 3.28. The van der Waals surface area contributed by atoms with Crippen LogP contribution in [0.3, 0.4) is 0 Å². The number of rotatable bonds is 5. The van der Waals surface area contributed by atoms with Gasteiger partial charge in [0.1, 0.15) is 5.82 Å². The quantitative estimate of drug-likeness (QED) is 0.694. The van der Waals surface area contributed by atoms with Gasteiger partial charge in [0.25, 0.3) is 5.91 Å². The Kier molecular flexibility index (Phi) is 5.79. The van der Waals surface area contributed by atoms with Crippen molar-refractivity contribution in [2.45, 2.75) is 56.6 Å². The third-order valence-electron chi connectivity index (χ3n) is 5.97. The predicted molar refractivity (Wildman–Crippen MR) is 102 cm³/mol. The third-order valence-corrected chi connectivity index (χ3v) is 7.72. The number of benzene rings is 1. The zero-order valence-corrected chi connectivity index (χ0v) is 17.0. The van der Waals surface area contributed by atoms with E-state index in [0.717, 1.165) is 12.8 Å². The second kappa shape index (κ2) is 7.81. The number of ether oxygens (including phenoxy) is 1. The van der Waals surface area contributed by atoms with Gasteiger partial charge in [0.15, 0.2) is 15.9 Å². The number of hydrogen-bond acceptors (Lipinski definition) is 5. The molecule has 0 bridgehead atoms. The van der Waals surface area contributed by atoms with Crippen LogP contribution in [-0.4, -0.2) is 55.9 Å². The van der Waals surface area contributed by atoms with E-state index in [2.05, 4.69) is 0 Å². The Morgan fingerprint density at radius 3 is 2.46 bits per heavy atom. The molecular weight excluding hydrogens is 385 g/mol. The molecule has 2 aliphatic rings. The first-order valence-electron chi connectivity index (χ1n) is 9.59. The molecule has 1 aliphatic carbocycles. The number of hydrogen-bond donors (Lipinski definition) is 0. The molecule has 1 aromatic rings. The van der Waals surface area contributed by atoms with Crippen LogP contribution in [0.15, 0.2) is 24.3 Å². The molecule has 1 aromatic carbocycles. The number of likely N-dealkylation sites (N-methyl/N-ethyl adjacent to an activating group) is 1. The van der Waals surface area contributed by atoms with E-state index in [1.54, 1.807) is 18.2 Å². The Morgan fingerprint density at radius 2 is 1.89 bits per heavy atom. The molecule has 3 rings (SSSR count). The van der Waals surface area contributed by atoms with E-state index in [-0.39, 0.29) is 11.5 Å². The number of halogens is 1. The molecular formula is C20H26FNO5S. The minimum atomic E-state index is -3.13. The number of esters is 1. The average molecular weight is 411 g/mol. The van der Waals surface area contributed by atoms with Gasteiger partial charge < -0.3 is 9.64 Å². The molecule has 1 saturated heterocycles. The maximum absolute atomic E-state index is 14.4. The molecule has 8 heteroatoms. The molecule has 28 heavy (non-hydrogen) atoms. The van der Waals surface area contributed by atoms with Crippen molar-refractivity contribution < 1.29 is 27.1 Å². The summed E-state index contributed by atoms with van der Waals surface area (Å²) in [4.78, 5) is 27.1. The van der Waals surface area contributed by atoms with Crippen molar-refractivity contribution in [1.82, 2.24) is 4.90 Å². The molecule has 1 saturated carbocycles. The van der Waals surface area contributed by atoms with E-state index in [1.807, 2.05) is 0 Å². The highest BCUT2D eigenvalue weighted by Gasteiger charge is 2.47. The Morgan fingerprint density at radius 1 is 1.25 bits per heavy atom. The fourth-order valence-electron chi connectivity index (χ4n) is 4.28. The molecule has 1 aliphatic heterocycles. The van der Waals surface area contributed by atoms with Crippen molar-refractivity contribution in [3.63, 3.8) is 0 Å². The first-order chi connectivity index (χ1) is 13.2. The van der Waals surface area contributed by atoms with E-state index in [4.69, 9.17) is 4.74 Å². The number of carbonyl (C=O) groups is 2. The molecule has 6 nitrogen and oxygen atoms in total. The molecule has 1 amide bonds. The van der Waals surface area contributed by atoms with Crippen molar-refractivity contribution >= 4 is 21.7 Å². The van der Waals surface area contributed by atoms with Gasteiger partial charge in [-0.1, -0.05) is 31.0 Å². The van der Waals surface area contributed by atoms with Crippen LogP contribution in [-0.2, 0) is 29.6 Å². The van der Waals surface area contributed by atoms with Crippen molar-refractivity contribution in [2.24, 2.45) is 0 Å². The summed E-state index contributed by atoms with van der Waals surface area (Å²) < 4.78 is 43.2. The third kappa shape index (κ3) is 3.92. The van der Waals surface area contributed by atoms with Gasteiger partial charge in [-0.2, -0.15) is 0 Å². The van der Waals surface area contributed by atoms with Crippen LogP contribution in [0, 0.1) is 5.82 Å². The fourth-order valence-corrected chi connectivity index (χ4v) is 6.06. The van der Waals surface area contributed by atoms with E-state index >= 15 is 0 Å². The lowest BCUT2D eigenvalue weighted by atomic mass is 9.78. The smallest absolute Gasteiger partial charge is 0.317 e. The summed E-state index contributed by atoms with van der Waals surface area (Å²) >= 11 is 0. The van der Waals surface area contributed by atoms with Crippen LogP contribution >= 0.6 is 0 Å². The Bertz CT molecular complexity index is 863. The SMILES string of the molecule is C[C@H](OC(=O)C1(c2ccccc2F)CCCC1)C(=O)N(C)[C@@H]1CCS(=O)(=O)C1. The zero-order chi connectivity index (χ0) is 20.5. The van der Waals surface area contributed by atoms with Crippen LogP contribution < -0.4 is 0 Å². The van der Waals surface area contributed by atoms with Crippen molar-refractivity contribution in [2.75, 3.05) is 18.6 Å². The highest BCUT2D eigenvalue weighted by Crippen LogP contribution is 2.43. The maximum atomic E-state index is 14.4. The van der Waals surface area contributed by atoms with Gasteiger partial charge in [0, 0.05) is 18.7 Å². The maximum Gasteiger partial charge on any atom is 0.317 e. The Balaban J connectivity index is 1.73. The lowest BCUT2D eigenvalue weighted by Crippen LogP contribution is -2.46. The van der Waals surface area contributed by atoms with Gasteiger partial charge in [0.05, 0.1) is 16.9 Å². The zero-order valence-electron chi connectivity index (χ0n) is 16.2. The molecule has 0 radical (unpaired) electrons. The van der Waals surface area contributed by atoms with Crippen LogP contribution in [0.4, 0.5) is 4.39 Å². The lowest BCUT2D eigenvalue weighted by Gasteiger charge is -2.31. The Labute approximate surface area is 165 Å². The van der Waals surface area contributed by atoms with Crippen LogP contribution in [0.5, 0.6) is 0 Å². The molecule has 2 atom stereocenters. The van der Waals surface area contributed by atoms with Crippen molar-refractivity contribution in [1.29, 1.82) is 0 Å². The topological polar surface area (TPSA) is 80.8 Å². The van der Waals surface area contributed by atoms with E-state index in [9.17, 15) is 22.4 Å². The summed E-state index contributed by atoms with van der Waals surface area (Å²) in [7, 11) is -1.60.